The van der Waals surface area contributed by atoms with E-state index in [9.17, 15) is 4.79 Å². The zero-order valence-corrected chi connectivity index (χ0v) is 9.47. The van der Waals surface area contributed by atoms with Gasteiger partial charge < -0.3 is 0 Å². The Labute approximate surface area is 94.7 Å². The fraction of sp³-hybridized carbons (Fsp3) is 0.231. The number of aromatic nitrogens is 2. The van der Waals surface area contributed by atoms with Crippen LogP contribution in [0.3, 0.4) is 0 Å². The van der Waals surface area contributed by atoms with Crippen LogP contribution in [0.4, 0.5) is 0 Å². The maximum atomic E-state index is 11.3. The second-order valence-electron chi connectivity index (χ2n) is 3.75. The van der Waals surface area contributed by atoms with E-state index in [2.05, 4.69) is 12.0 Å². The van der Waals surface area contributed by atoms with E-state index < -0.39 is 0 Å². The third-order valence-electron chi connectivity index (χ3n) is 2.56. The normalized spacial score (nSPS) is 10.4. The molecule has 0 aliphatic heterocycles. The van der Waals surface area contributed by atoms with Crippen molar-refractivity contribution < 1.29 is 4.79 Å². The highest BCUT2D eigenvalue weighted by molar-refractivity contribution is 5.94. The summed E-state index contributed by atoms with van der Waals surface area (Å²) in [7, 11) is 0. The minimum absolute atomic E-state index is 0.0738. The maximum Gasteiger partial charge on any atom is 0.159 e. The van der Waals surface area contributed by atoms with Crippen molar-refractivity contribution in [3.8, 4) is 5.69 Å². The molecule has 0 amide bonds. The summed E-state index contributed by atoms with van der Waals surface area (Å²) in [6.07, 6.45) is 4.80. The molecule has 0 radical (unpaired) electrons. The topological polar surface area (TPSA) is 34.9 Å². The van der Waals surface area contributed by atoms with Gasteiger partial charge >= 0.3 is 0 Å². The monoisotopic (exact) mass is 214 g/mol. The number of hydrogen-bond donors (Lipinski definition) is 0. The van der Waals surface area contributed by atoms with Gasteiger partial charge in [-0.05, 0) is 31.0 Å². The number of benzene rings is 1. The van der Waals surface area contributed by atoms with Gasteiger partial charge in [-0.3, -0.25) is 4.79 Å². The molecular weight excluding hydrogens is 200 g/mol. The lowest BCUT2D eigenvalue weighted by atomic mass is 10.1. The number of carbonyl (C=O) groups excluding carboxylic acids is 1. The number of carbonyl (C=O) groups is 1. The third kappa shape index (κ3) is 2.03. The summed E-state index contributed by atoms with van der Waals surface area (Å²) in [6, 6.07) is 7.49. The third-order valence-corrected chi connectivity index (χ3v) is 2.56. The van der Waals surface area contributed by atoms with Crippen molar-refractivity contribution >= 4 is 5.78 Å². The van der Waals surface area contributed by atoms with Gasteiger partial charge in [0.2, 0.25) is 0 Å². The molecule has 0 fully saturated rings. The Bertz CT molecular complexity index is 514. The van der Waals surface area contributed by atoms with Crippen molar-refractivity contribution in [2.45, 2.75) is 20.3 Å². The lowest BCUT2D eigenvalue weighted by Gasteiger charge is -2.02. The Hall–Kier alpha value is -1.90. The molecule has 2 rings (SSSR count). The number of ketones is 1. The number of hydrogen-bond acceptors (Lipinski definition) is 2. The predicted octanol–water partition coefficient (Wildman–Crippen LogP) is 2.64. The van der Waals surface area contributed by atoms with Crippen LogP contribution in [0.2, 0.25) is 0 Å². The molecule has 0 N–H and O–H groups in total. The van der Waals surface area contributed by atoms with E-state index in [4.69, 9.17) is 0 Å². The zero-order chi connectivity index (χ0) is 11.5. The summed E-state index contributed by atoms with van der Waals surface area (Å²) in [5, 5.41) is 4.26. The van der Waals surface area contributed by atoms with Gasteiger partial charge in [-0.25, -0.2) is 4.68 Å². The van der Waals surface area contributed by atoms with Crippen LogP contribution < -0.4 is 0 Å². The van der Waals surface area contributed by atoms with Gasteiger partial charge in [-0.1, -0.05) is 19.1 Å². The van der Waals surface area contributed by atoms with E-state index in [1.54, 1.807) is 11.6 Å². The van der Waals surface area contributed by atoms with Gasteiger partial charge in [0.25, 0.3) is 0 Å². The number of nitrogens with zero attached hydrogens (tertiary/aromatic N) is 2. The Morgan fingerprint density at radius 3 is 2.88 bits per heavy atom. The Morgan fingerprint density at radius 2 is 2.25 bits per heavy atom. The minimum Gasteiger partial charge on any atom is -0.295 e. The van der Waals surface area contributed by atoms with Crippen LogP contribution in [0.1, 0.15) is 29.8 Å². The Kier molecular flexibility index (Phi) is 2.86. The molecule has 82 valence electrons. The van der Waals surface area contributed by atoms with Crippen LogP contribution in [0.25, 0.3) is 5.69 Å². The second-order valence-corrected chi connectivity index (χ2v) is 3.75. The quantitative estimate of drug-likeness (QED) is 0.736. The number of aryl methyl sites for hydroxylation is 1. The van der Waals surface area contributed by atoms with Gasteiger partial charge in [0.1, 0.15) is 0 Å². The van der Waals surface area contributed by atoms with E-state index >= 15 is 0 Å². The smallest absolute Gasteiger partial charge is 0.159 e. The van der Waals surface area contributed by atoms with Crippen LogP contribution in [-0.4, -0.2) is 15.6 Å². The molecule has 0 spiro atoms. The van der Waals surface area contributed by atoms with Gasteiger partial charge in [0.15, 0.2) is 5.78 Å². The molecule has 0 bridgehead atoms. The number of Topliss-reactive ketones (excluding diaryl/α,β-unsaturated/α-hetero) is 1. The molecule has 0 aliphatic carbocycles. The molecule has 0 unspecified atom stereocenters. The van der Waals surface area contributed by atoms with E-state index in [1.165, 1.54) is 5.56 Å². The fourth-order valence-electron chi connectivity index (χ4n) is 1.55. The van der Waals surface area contributed by atoms with Crippen molar-refractivity contribution in [3.63, 3.8) is 0 Å². The van der Waals surface area contributed by atoms with Crippen molar-refractivity contribution in [3.05, 3.63) is 47.8 Å². The maximum absolute atomic E-state index is 11.3. The molecule has 3 heteroatoms. The van der Waals surface area contributed by atoms with Crippen LogP contribution in [0, 0.1) is 0 Å². The molecule has 2 aromatic rings. The van der Waals surface area contributed by atoms with E-state index in [1.807, 2.05) is 36.7 Å². The first kappa shape index (κ1) is 10.6. The standard InChI is InChI=1S/C13H14N2O/c1-3-11-8-14-15(9-11)13-6-4-5-12(7-13)10(2)16/h4-9H,3H2,1-2H3. The first-order valence-electron chi connectivity index (χ1n) is 5.35. The molecule has 0 saturated carbocycles. The highest BCUT2D eigenvalue weighted by Gasteiger charge is 2.03. The lowest BCUT2D eigenvalue weighted by Crippen LogP contribution is -1.98. The first-order chi connectivity index (χ1) is 7.70. The molecule has 0 atom stereocenters. The van der Waals surface area contributed by atoms with Crippen molar-refractivity contribution in [1.82, 2.24) is 9.78 Å². The highest BCUT2D eigenvalue weighted by atomic mass is 16.1. The second kappa shape index (κ2) is 4.31. The van der Waals surface area contributed by atoms with Crippen molar-refractivity contribution in [2.75, 3.05) is 0 Å². The summed E-state index contributed by atoms with van der Waals surface area (Å²) in [6.45, 7) is 3.66. The Morgan fingerprint density at radius 1 is 1.44 bits per heavy atom. The molecule has 3 nitrogen and oxygen atoms in total. The SMILES string of the molecule is CCc1cnn(-c2cccc(C(C)=O)c2)c1. The van der Waals surface area contributed by atoms with E-state index in [0.29, 0.717) is 5.56 Å². The fourth-order valence-corrected chi connectivity index (χ4v) is 1.55. The van der Waals surface area contributed by atoms with Gasteiger partial charge in [-0.2, -0.15) is 5.10 Å². The van der Waals surface area contributed by atoms with E-state index in [-0.39, 0.29) is 5.78 Å². The highest BCUT2D eigenvalue weighted by Crippen LogP contribution is 2.11. The lowest BCUT2D eigenvalue weighted by molar-refractivity contribution is 0.101. The largest absolute Gasteiger partial charge is 0.295 e. The summed E-state index contributed by atoms with van der Waals surface area (Å²) < 4.78 is 1.80. The molecule has 1 aromatic heterocycles. The molecule has 1 heterocycles. The van der Waals surface area contributed by atoms with E-state index in [0.717, 1.165) is 12.1 Å². The summed E-state index contributed by atoms with van der Waals surface area (Å²) >= 11 is 0. The van der Waals surface area contributed by atoms with Crippen LogP contribution >= 0.6 is 0 Å². The predicted molar refractivity (Wildman–Crippen MR) is 62.9 cm³/mol. The van der Waals surface area contributed by atoms with Crippen LogP contribution in [0.15, 0.2) is 36.7 Å². The zero-order valence-electron chi connectivity index (χ0n) is 9.47. The van der Waals surface area contributed by atoms with Crippen LogP contribution in [0.5, 0.6) is 0 Å². The van der Waals surface area contributed by atoms with Gasteiger partial charge in [0.05, 0.1) is 11.9 Å². The minimum atomic E-state index is 0.0738. The van der Waals surface area contributed by atoms with Gasteiger partial charge in [-0.15, -0.1) is 0 Å². The molecule has 1 aromatic carbocycles. The summed E-state index contributed by atoms with van der Waals surface area (Å²) in [5.74, 6) is 0.0738. The average Bonchev–Trinajstić information content (AvgIpc) is 2.77. The molecular formula is C13H14N2O. The molecule has 16 heavy (non-hydrogen) atoms. The summed E-state index contributed by atoms with van der Waals surface area (Å²) in [4.78, 5) is 11.3. The average molecular weight is 214 g/mol. The molecule has 0 saturated heterocycles. The van der Waals surface area contributed by atoms with Crippen LogP contribution in [-0.2, 0) is 6.42 Å². The van der Waals surface area contributed by atoms with Crippen molar-refractivity contribution in [2.24, 2.45) is 0 Å². The molecule has 0 aliphatic rings. The van der Waals surface area contributed by atoms with Crippen molar-refractivity contribution in [1.29, 1.82) is 0 Å². The Balaban J connectivity index is 2.40. The first-order valence-corrected chi connectivity index (χ1v) is 5.35. The number of rotatable bonds is 3. The van der Waals surface area contributed by atoms with Gasteiger partial charge in [0, 0.05) is 11.8 Å². The summed E-state index contributed by atoms with van der Waals surface area (Å²) in [5.41, 5.74) is 2.83.